The monoisotopic (exact) mass is 362 g/mol. The Morgan fingerprint density at radius 1 is 1.30 bits per heavy atom. The summed E-state index contributed by atoms with van der Waals surface area (Å²) in [6.07, 6.45) is 9.09. The van der Waals surface area contributed by atoms with Crippen molar-refractivity contribution in [1.82, 2.24) is 29.4 Å². The van der Waals surface area contributed by atoms with E-state index < -0.39 is 0 Å². The molecule has 4 aromatic heterocycles. The summed E-state index contributed by atoms with van der Waals surface area (Å²) in [5, 5.41) is 16.5. The van der Waals surface area contributed by atoms with Crippen molar-refractivity contribution in [3.05, 3.63) is 64.1 Å². The minimum absolute atomic E-state index is 0.0140. The zero-order valence-electron chi connectivity index (χ0n) is 14.8. The zero-order valence-corrected chi connectivity index (χ0v) is 14.8. The topological polar surface area (TPSA) is 101 Å². The fraction of sp³-hybridized carbons (Fsp3) is 0.263. The maximum absolute atomic E-state index is 12.8. The molecule has 0 amide bonds. The van der Waals surface area contributed by atoms with E-state index in [0.29, 0.717) is 17.4 Å². The highest BCUT2D eigenvalue weighted by Gasteiger charge is 2.30. The van der Waals surface area contributed by atoms with Crippen LogP contribution >= 0.6 is 0 Å². The van der Waals surface area contributed by atoms with Gasteiger partial charge in [-0.3, -0.25) is 9.89 Å². The van der Waals surface area contributed by atoms with Gasteiger partial charge < -0.3 is 5.11 Å². The summed E-state index contributed by atoms with van der Waals surface area (Å²) in [4.78, 5) is 21.8. The maximum atomic E-state index is 12.8. The number of aryl methyl sites for hydroxylation is 1. The van der Waals surface area contributed by atoms with Crippen LogP contribution in [-0.2, 0) is 6.61 Å². The molecule has 8 nitrogen and oxygen atoms in total. The minimum atomic E-state index is -0.0460. The largest absolute Gasteiger partial charge is 0.392 e. The number of nitrogens with zero attached hydrogens (tertiary/aromatic N) is 5. The van der Waals surface area contributed by atoms with Crippen LogP contribution in [0.3, 0.4) is 0 Å². The van der Waals surface area contributed by atoms with Gasteiger partial charge >= 0.3 is 0 Å². The Bertz CT molecular complexity index is 1200. The second-order valence-electron chi connectivity index (χ2n) is 6.89. The molecule has 4 aromatic rings. The van der Waals surface area contributed by atoms with E-state index in [1.54, 1.807) is 35.4 Å². The molecule has 136 valence electrons. The van der Waals surface area contributed by atoms with Crippen LogP contribution in [0.5, 0.6) is 0 Å². The molecule has 0 saturated heterocycles. The molecule has 0 spiro atoms. The van der Waals surface area contributed by atoms with Crippen molar-refractivity contribution in [2.45, 2.75) is 32.3 Å². The Morgan fingerprint density at radius 2 is 2.15 bits per heavy atom. The molecule has 1 aliphatic carbocycles. The SMILES string of the molecule is Cc1nc2c(-c3cnn(-c4ccc(CO)cn4)c3)c[nH]n2c(=O)c1C1CC1. The van der Waals surface area contributed by atoms with E-state index in [1.165, 1.54) is 4.52 Å². The molecule has 2 N–H and O–H groups in total. The van der Waals surface area contributed by atoms with E-state index in [4.69, 9.17) is 5.11 Å². The molecule has 4 heterocycles. The number of aliphatic hydroxyl groups excluding tert-OH is 1. The third-order valence-electron chi connectivity index (χ3n) is 4.99. The van der Waals surface area contributed by atoms with Gasteiger partial charge in [0.1, 0.15) is 0 Å². The van der Waals surface area contributed by atoms with E-state index in [-0.39, 0.29) is 12.2 Å². The van der Waals surface area contributed by atoms with Crippen molar-refractivity contribution >= 4 is 5.65 Å². The third-order valence-corrected chi connectivity index (χ3v) is 4.99. The van der Waals surface area contributed by atoms with Gasteiger partial charge in [-0.25, -0.2) is 19.2 Å². The fourth-order valence-electron chi connectivity index (χ4n) is 3.42. The average Bonchev–Trinajstić information content (AvgIpc) is 3.23. The number of hydrogen-bond donors (Lipinski definition) is 2. The first-order valence-corrected chi connectivity index (χ1v) is 8.87. The van der Waals surface area contributed by atoms with Crippen LogP contribution in [0, 0.1) is 6.92 Å². The molecule has 1 saturated carbocycles. The number of pyridine rings is 1. The number of fused-ring (bicyclic) bond motifs is 1. The van der Waals surface area contributed by atoms with E-state index in [0.717, 1.165) is 40.8 Å². The maximum Gasteiger partial charge on any atom is 0.276 e. The van der Waals surface area contributed by atoms with Crippen LogP contribution in [0.4, 0.5) is 0 Å². The lowest BCUT2D eigenvalue weighted by molar-refractivity contribution is 0.281. The van der Waals surface area contributed by atoms with Crippen molar-refractivity contribution in [2.24, 2.45) is 0 Å². The lowest BCUT2D eigenvalue weighted by atomic mass is 10.1. The first kappa shape index (κ1) is 16.0. The van der Waals surface area contributed by atoms with Crippen molar-refractivity contribution in [2.75, 3.05) is 0 Å². The van der Waals surface area contributed by atoms with Gasteiger partial charge in [0.15, 0.2) is 11.5 Å². The van der Waals surface area contributed by atoms with Crippen LogP contribution in [-0.4, -0.2) is 34.5 Å². The molecule has 0 aliphatic heterocycles. The Morgan fingerprint density at radius 3 is 2.85 bits per heavy atom. The Hall–Kier alpha value is -3.26. The Kier molecular flexibility index (Phi) is 3.48. The number of aliphatic hydroxyl groups is 1. The Balaban J connectivity index is 1.58. The van der Waals surface area contributed by atoms with Crippen LogP contribution in [0.2, 0.25) is 0 Å². The number of hydrogen-bond acceptors (Lipinski definition) is 5. The summed E-state index contributed by atoms with van der Waals surface area (Å²) in [6, 6.07) is 3.60. The molecule has 0 atom stereocenters. The van der Waals surface area contributed by atoms with Crippen LogP contribution < -0.4 is 5.56 Å². The smallest absolute Gasteiger partial charge is 0.276 e. The second kappa shape index (κ2) is 5.88. The average molecular weight is 362 g/mol. The summed E-state index contributed by atoms with van der Waals surface area (Å²) < 4.78 is 3.17. The molecule has 0 radical (unpaired) electrons. The fourth-order valence-corrected chi connectivity index (χ4v) is 3.42. The molecule has 0 aromatic carbocycles. The summed E-state index contributed by atoms with van der Waals surface area (Å²) in [5.74, 6) is 1.000. The first-order chi connectivity index (χ1) is 13.2. The number of H-pyrrole nitrogens is 1. The predicted molar refractivity (Wildman–Crippen MR) is 98.8 cm³/mol. The van der Waals surface area contributed by atoms with Crippen LogP contribution in [0.1, 0.15) is 35.6 Å². The molecule has 5 rings (SSSR count). The van der Waals surface area contributed by atoms with Crippen LogP contribution in [0.25, 0.3) is 22.6 Å². The highest BCUT2D eigenvalue weighted by molar-refractivity contribution is 5.76. The van der Waals surface area contributed by atoms with E-state index >= 15 is 0 Å². The molecule has 27 heavy (non-hydrogen) atoms. The molecule has 0 unspecified atom stereocenters. The van der Waals surface area contributed by atoms with Crippen molar-refractivity contribution in [1.29, 1.82) is 0 Å². The van der Waals surface area contributed by atoms with Gasteiger partial charge in [-0.2, -0.15) is 5.10 Å². The number of rotatable bonds is 4. The number of aromatic amines is 1. The molecule has 1 fully saturated rings. The van der Waals surface area contributed by atoms with Gasteiger partial charge in [0.05, 0.1) is 12.8 Å². The minimum Gasteiger partial charge on any atom is -0.392 e. The van der Waals surface area contributed by atoms with E-state index in [1.807, 2.05) is 13.1 Å². The van der Waals surface area contributed by atoms with Gasteiger partial charge in [-0.15, -0.1) is 0 Å². The Labute approximate surface area is 154 Å². The van der Waals surface area contributed by atoms with E-state index in [2.05, 4.69) is 20.2 Å². The highest BCUT2D eigenvalue weighted by atomic mass is 16.3. The summed E-state index contributed by atoms with van der Waals surface area (Å²) >= 11 is 0. The molecule has 8 heteroatoms. The normalized spacial score (nSPS) is 14.1. The second-order valence-corrected chi connectivity index (χ2v) is 6.89. The predicted octanol–water partition coefficient (Wildman–Crippen LogP) is 1.95. The molecule has 0 bridgehead atoms. The van der Waals surface area contributed by atoms with E-state index in [9.17, 15) is 4.79 Å². The standard InChI is InChI=1S/C19H18N6O2/c1-11-17(13-3-4-13)19(27)25-18(23-11)15(8-22-25)14-7-21-24(9-14)16-5-2-12(10-26)6-20-16/h2,5-9,13,22,26H,3-4,10H2,1H3. The lowest BCUT2D eigenvalue weighted by Gasteiger charge is -2.04. The van der Waals surface area contributed by atoms with Gasteiger partial charge in [0.2, 0.25) is 0 Å². The van der Waals surface area contributed by atoms with Crippen LogP contribution in [0.15, 0.2) is 41.7 Å². The molecular weight excluding hydrogens is 344 g/mol. The molecule has 1 aliphatic rings. The van der Waals surface area contributed by atoms with Gasteiger partial charge in [-0.05, 0) is 37.3 Å². The lowest BCUT2D eigenvalue weighted by Crippen LogP contribution is -2.21. The highest BCUT2D eigenvalue weighted by Crippen LogP contribution is 2.39. The van der Waals surface area contributed by atoms with Gasteiger partial charge in [0.25, 0.3) is 5.56 Å². The number of nitrogens with one attached hydrogen (secondary N) is 1. The van der Waals surface area contributed by atoms with Gasteiger partial charge in [-0.1, -0.05) is 6.07 Å². The first-order valence-electron chi connectivity index (χ1n) is 8.87. The van der Waals surface area contributed by atoms with Gasteiger partial charge in [0, 0.05) is 41.0 Å². The third kappa shape index (κ3) is 2.57. The van der Waals surface area contributed by atoms with Crippen molar-refractivity contribution < 1.29 is 5.11 Å². The quantitative estimate of drug-likeness (QED) is 0.578. The van der Waals surface area contributed by atoms with Crippen molar-refractivity contribution in [3.8, 4) is 16.9 Å². The zero-order chi connectivity index (χ0) is 18.5. The summed E-state index contributed by atoms with van der Waals surface area (Å²) in [5.41, 5.74) is 4.61. The summed E-state index contributed by atoms with van der Waals surface area (Å²) in [7, 11) is 0. The summed E-state index contributed by atoms with van der Waals surface area (Å²) in [6.45, 7) is 1.86. The molecular formula is C19H18N6O2. The van der Waals surface area contributed by atoms with Crippen molar-refractivity contribution in [3.63, 3.8) is 0 Å². The number of aromatic nitrogens is 6.